The molecule has 3 fully saturated rings. The quantitative estimate of drug-likeness (QED) is 0.151. The normalized spacial score (nSPS) is 31.7. The van der Waals surface area contributed by atoms with E-state index in [1.54, 1.807) is 13.0 Å². The summed E-state index contributed by atoms with van der Waals surface area (Å²) in [6, 6.07) is 6.03. The Bertz CT molecular complexity index is 1260. The number of urea groups is 1. The van der Waals surface area contributed by atoms with Crippen LogP contribution in [0.15, 0.2) is 41.7 Å². The van der Waals surface area contributed by atoms with Crippen molar-refractivity contribution in [2.45, 2.75) is 68.8 Å². The molecule has 0 bridgehead atoms. The number of unbranched alkanes of at least 4 members (excludes halogenated alkanes) is 1. The summed E-state index contributed by atoms with van der Waals surface area (Å²) >= 11 is 1.88. The molecule has 3 saturated heterocycles. The third kappa shape index (κ3) is 4.75. The van der Waals surface area contributed by atoms with Crippen LogP contribution >= 0.6 is 11.8 Å². The lowest BCUT2D eigenvalue weighted by molar-refractivity contribution is -0.152. The first-order valence-electron chi connectivity index (χ1n) is 12.9. The first-order valence-corrected chi connectivity index (χ1v) is 14.0. The van der Waals surface area contributed by atoms with Crippen LogP contribution in [0.1, 0.15) is 49.8 Å². The molecule has 1 aromatic rings. The summed E-state index contributed by atoms with van der Waals surface area (Å²) in [7, 11) is 0. The van der Waals surface area contributed by atoms with Crippen LogP contribution < -0.4 is 16.0 Å². The van der Waals surface area contributed by atoms with Crippen LogP contribution in [0.4, 0.5) is 10.5 Å². The van der Waals surface area contributed by atoms with Crippen molar-refractivity contribution in [1.29, 1.82) is 0 Å². The number of benzene rings is 1. The molecule has 1 aromatic carbocycles. The molecule has 0 radical (unpaired) electrons. The highest BCUT2D eigenvalue weighted by Crippen LogP contribution is 2.48. The van der Waals surface area contributed by atoms with E-state index in [4.69, 9.17) is 14.2 Å². The molecule has 10 nitrogen and oxygen atoms in total. The number of fused-ring (bicyclic) bond motifs is 4. The van der Waals surface area contributed by atoms with E-state index in [1.807, 2.05) is 30.0 Å². The zero-order valence-electron chi connectivity index (χ0n) is 20.9. The molecule has 3 N–H and O–H groups in total. The fraction of sp³-hybridized carbons (Fsp3) is 0.481. The maximum Gasteiger partial charge on any atom is 0.338 e. The number of ether oxygens (including phenoxy) is 3. The lowest BCUT2D eigenvalue weighted by Gasteiger charge is -2.16. The van der Waals surface area contributed by atoms with Gasteiger partial charge in [-0.25, -0.2) is 14.4 Å². The Hall–Kier alpha value is -3.47. The minimum atomic E-state index is -0.845. The minimum absolute atomic E-state index is 0.0563. The topological polar surface area (TPSA) is 132 Å². The molecule has 4 aliphatic heterocycles. The molecule has 1 aliphatic carbocycles. The maximum atomic E-state index is 12.6. The van der Waals surface area contributed by atoms with Gasteiger partial charge in [0.2, 0.25) is 5.91 Å². The van der Waals surface area contributed by atoms with Crippen LogP contribution in [0.25, 0.3) is 0 Å². The molecule has 200 valence electrons. The van der Waals surface area contributed by atoms with Crippen LogP contribution in [0.3, 0.4) is 0 Å². The smallest absolute Gasteiger partial charge is 0.338 e. The van der Waals surface area contributed by atoms with Gasteiger partial charge < -0.3 is 30.2 Å². The third-order valence-electron chi connectivity index (χ3n) is 7.75. The van der Waals surface area contributed by atoms with E-state index < -0.39 is 24.3 Å². The lowest BCUT2D eigenvalue weighted by atomic mass is 9.98. The molecule has 6 atom stereocenters. The molecule has 4 heterocycles. The molecule has 3 amide bonds. The second kappa shape index (κ2) is 10.0. The van der Waals surface area contributed by atoms with E-state index in [1.165, 1.54) is 6.26 Å². The van der Waals surface area contributed by atoms with Crippen molar-refractivity contribution < 1.29 is 33.4 Å². The summed E-state index contributed by atoms with van der Waals surface area (Å²) in [6.45, 7) is 1.64. The van der Waals surface area contributed by atoms with Crippen LogP contribution in [0.2, 0.25) is 0 Å². The molecule has 0 spiro atoms. The van der Waals surface area contributed by atoms with Gasteiger partial charge in [0.25, 0.3) is 6.29 Å². The first kappa shape index (κ1) is 24.8. The second-order valence-electron chi connectivity index (χ2n) is 10.3. The van der Waals surface area contributed by atoms with Gasteiger partial charge in [-0.05, 0) is 49.4 Å². The van der Waals surface area contributed by atoms with E-state index >= 15 is 0 Å². The molecule has 0 saturated carbocycles. The van der Waals surface area contributed by atoms with Crippen LogP contribution in [-0.2, 0) is 35.0 Å². The van der Waals surface area contributed by atoms with E-state index in [2.05, 4.69) is 16.0 Å². The Labute approximate surface area is 223 Å². The predicted molar refractivity (Wildman–Crippen MR) is 138 cm³/mol. The number of carbonyl (C=O) groups excluding carboxylic acids is 4. The Balaban J connectivity index is 1.00. The van der Waals surface area contributed by atoms with E-state index in [-0.39, 0.29) is 29.9 Å². The standard InChI is InChI=1S/C27H29N3O7S/c1-13-8-22(36-25(13)32)35-11-18-17-9-14-6-7-15(10-16(14)24(17)37-26(18)33)28-21(31)5-3-2-4-20-23-19(12-38-20)29-27(34)30-23/h6-8,10-11,17,19-20,22-24H,2-5,9,12H2,1H3,(H,28,31)(H2,29,30,34)/b18-11+/t17-,19+,20+,22-,23+,24-/m1/s1. The third-order valence-corrected chi connectivity index (χ3v) is 9.26. The number of hydrogen-bond acceptors (Lipinski definition) is 8. The van der Waals surface area contributed by atoms with Crippen molar-refractivity contribution in [3.05, 3.63) is 52.8 Å². The molecule has 5 aliphatic rings. The SMILES string of the molecule is CC1=C[C@H](O/C=C2/C(=O)O[C@@H]3c4cc(NC(=O)CCCC[C@@H]5SC[C@@H]6NC(=O)N[C@@H]65)ccc4C[C@H]23)OC1=O. The number of thioether (sulfide) groups is 1. The van der Waals surface area contributed by atoms with Gasteiger partial charge in [0.1, 0.15) is 6.10 Å². The first-order chi connectivity index (χ1) is 18.4. The molecule has 0 unspecified atom stereocenters. The number of carbonyl (C=O) groups is 4. The van der Waals surface area contributed by atoms with E-state index in [0.717, 1.165) is 36.1 Å². The Kier molecular flexibility index (Phi) is 6.55. The fourth-order valence-corrected chi connectivity index (χ4v) is 7.33. The zero-order valence-corrected chi connectivity index (χ0v) is 21.7. The van der Waals surface area contributed by atoms with Gasteiger partial charge in [0.15, 0.2) is 0 Å². The fourth-order valence-electron chi connectivity index (χ4n) is 5.78. The number of anilines is 1. The molecular weight excluding hydrogens is 510 g/mol. The van der Waals surface area contributed by atoms with Crippen LogP contribution in [0, 0.1) is 5.92 Å². The summed E-state index contributed by atoms with van der Waals surface area (Å²) in [5, 5.41) is 9.31. The number of hydrogen-bond donors (Lipinski definition) is 3. The highest BCUT2D eigenvalue weighted by Gasteiger charge is 2.47. The summed E-state index contributed by atoms with van der Waals surface area (Å²) in [6.07, 6.45) is 5.31. The lowest BCUT2D eigenvalue weighted by Crippen LogP contribution is -2.36. The van der Waals surface area contributed by atoms with Gasteiger partial charge in [-0.2, -0.15) is 11.8 Å². The molecule has 6 rings (SSSR count). The van der Waals surface area contributed by atoms with Crippen molar-refractivity contribution in [2.24, 2.45) is 5.92 Å². The van der Waals surface area contributed by atoms with Crippen molar-refractivity contribution in [3.8, 4) is 0 Å². The van der Waals surface area contributed by atoms with Crippen molar-refractivity contribution in [1.82, 2.24) is 10.6 Å². The van der Waals surface area contributed by atoms with Gasteiger partial charge in [-0.1, -0.05) is 12.5 Å². The van der Waals surface area contributed by atoms with Gasteiger partial charge in [-0.15, -0.1) is 0 Å². The van der Waals surface area contributed by atoms with Crippen molar-refractivity contribution in [3.63, 3.8) is 0 Å². The predicted octanol–water partition coefficient (Wildman–Crippen LogP) is 2.85. The average molecular weight is 540 g/mol. The number of rotatable bonds is 8. The highest BCUT2D eigenvalue weighted by molar-refractivity contribution is 8.00. The van der Waals surface area contributed by atoms with Crippen LogP contribution in [-0.4, -0.2) is 53.3 Å². The Morgan fingerprint density at radius 1 is 1.18 bits per heavy atom. The van der Waals surface area contributed by atoms with Gasteiger partial charge in [-0.3, -0.25) is 4.79 Å². The molecule has 11 heteroatoms. The summed E-state index contributed by atoms with van der Waals surface area (Å²) in [5.74, 6) is -0.213. The maximum absolute atomic E-state index is 12.6. The average Bonchev–Trinajstić information content (AvgIpc) is 3.65. The summed E-state index contributed by atoms with van der Waals surface area (Å²) < 4.78 is 16.2. The second-order valence-corrected chi connectivity index (χ2v) is 11.6. The molecule has 38 heavy (non-hydrogen) atoms. The van der Waals surface area contributed by atoms with E-state index in [9.17, 15) is 19.2 Å². The molecular formula is C27H29N3O7S. The molecule has 0 aromatic heterocycles. The van der Waals surface area contributed by atoms with Gasteiger partial charge >= 0.3 is 18.0 Å². The van der Waals surface area contributed by atoms with Crippen molar-refractivity contribution in [2.75, 3.05) is 11.1 Å². The van der Waals surface area contributed by atoms with Crippen LogP contribution in [0.5, 0.6) is 0 Å². The summed E-state index contributed by atoms with van der Waals surface area (Å²) in [5.41, 5.74) is 3.48. The Morgan fingerprint density at radius 2 is 2.05 bits per heavy atom. The zero-order chi connectivity index (χ0) is 26.4. The van der Waals surface area contributed by atoms with E-state index in [0.29, 0.717) is 34.9 Å². The monoisotopic (exact) mass is 539 g/mol. The largest absolute Gasteiger partial charge is 0.458 e. The van der Waals surface area contributed by atoms with Gasteiger partial charge in [0, 0.05) is 40.7 Å². The summed E-state index contributed by atoms with van der Waals surface area (Å²) in [4.78, 5) is 48.2. The number of cyclic esters (lactones) is 1. The van der Waals surface area contributed by atoms with Crippen molar-refractivity contribution >= 4 is 41.3 Å². The Morgan fingerprint density at radius 3 is 2.87 bits per heavy atom. The number of esters is 2. The highest BCUT2D eigenvalue weighted by atomic mass is 32.2. The van der Waals surface area contributed by atoms with Gasteiger partial charge in [0.05, 0.1) is 23.9 Å². The minimum Gasteiger partial charge on any atom is -0.458 e. The number of nitrogens with one attached hydrogen (secondary N) is 3. The number of amides is 3.